The lowest BCUT2D eigenvalue weighted by atomic mass is 10.2. The molecule has 1 atom stereocenters. The molecule has 150 valence electrons. The number of carboxylic acids is 1. The quantitative estimate of drug-likeness (QED) is 0.516. The first-order valence-electron chi connectivity index (χ1n) is 8.83. The number of hydrogen-bond donors (Lipinski definition) is 3. The number of nitrogens with one attached hydrogen (secondary N) is 1. The number of aliphatic hydroxyl groups is 1. The molecule has 29 heavy (non-hydrogen) atoms. The maximum absolute atomic E-state index is 11.2. The van der Waals surface area contributed by atoms with Crippen LogP contribution in [-0.4, -0.2) is 35.9 Å². The molecule has 0 spiro atoms. The molecule has 1 aliphatic rings. The fraction of sp³-hybridized carbons (Fsp3) is 0.200. The van der Waals surface area contributed by atoms with Gasteiger partial charge >= 0.3 is 5.97 Å². The number of carbonyl (C=O) groups is 1. The van der Waals surface area contributed by atoms with Crippen molar-refractivity contribution in [2.75, 3.05) is 23.9 Å². The van der Waals surface area contributed by atoms with E-state index in [1.807, 2.05) is 50.5 Å². The van der Waals surface area contributed by atoms with E-state index in [4.69, 9.17) is 16.7 Å². The number of aliphatic hydroxyl groups excluding tert-OH is 1. The zero-order valence-electron chi connectivity index (χ0n) is 15.7. The largest absolute Gasteiger partial charge is 0.480 e. The third-order valence-corrected chi connectivity index (χ3v) is 7.33. The van der Waals surface area contributed by atoms with E-state index in [0.717, 1.165) is 25.9 Å². The van der Waals surface area contributed by atoms with Crippen LogP contribution < -0.4 is 14.8 Å². The average molecular weight is 449 g/mol. The third kappa shape index (κ3) is 3.81. The Morgan fingerprint density at radius 3 is 2.86 bits per heavy atom. The summed E-state index contributed by atoms with van der Waals surface area (Å²) in [5.41, 5.74) is 2.73. The topological polar surface area (TPSA) is 76.7 Å². The lowest BCUT2D eigenvalue weighted by Gasteiger charge is -2.12. The number of fused-ring (bicyclic) bond motifs is 2. The van der Waals surface area contributed by atoms with Crippen molar-refractivity contribution in [2.45, 2.75) is 10.9 Å². The van der Waals surface area contributed by atoms with Gasteiger partial charge in [0.2, 0.25) is 5.52 Å². The minimum Gasteiger partial charge on any atom is -0.480 e. The molecule has 0 amide bonds. The highest BCUT2D eigenvalue weighted by Crippen LogP contribution is 2.46. The van der Waals surface area contributed by atoms with Gasteiger partial charge in [-0.15, -0.1) is 0 Å². The van der Waals surface area contributed by atoms with Crippen LogP contribution in [-0.2, 0) is 11.8 Å². The van der Waals surface area contributed by atoms with Crippen LogP contribution in [0.4, 0.5) is 11.4 Å². The Morgan fingerprint density at radius 2 is 2.14 bits per heavy atom. The van der Waals surface area contributed by atoms with Gasteiger partial charge in [0.15, 0.2) is 0 Å². The van der Waals surface area contributed by atoms with E-state index in [1.165, 1.54) is 4.90 Å². The molecule has 1 aliphatic heterocycles. The molecule has 2 aromatic carbocycles. The van der Waals surface area contributed by atoms with Crippen LogP contribution in [0, 0.1) is 0 Å². The molecule has 0 aliphatic carbocycles. The summed E-state index contributed by atoms with van der Waals surface area (Å²) < 4.78 is 3.17. The second kappa shape index (κ2) is 7.87. The summed E-state index contributed by atoms with van der Waals surface area (Å²) >= 11 is 9.50. The number of thioether (sulfide) groups is 1. The summed E-state index contributed by atoms with van der Waals surface area (Å²) in [5.74, 6) is -1.09. The predicted molar refractivity (Wildman–Crippen MR) is 119 cm³/mol. The van der Waals surface area contributed by atoms with Crippen LogP contribution in [0.15, 0.2) is 46.3 Å². The van der Waals surface area contributed by atoms with E-state index in [0.29, 0.717) is 10.7 Å². The number of anilines is 2. The number of halogens is 1. The summed E-state index contributed by atoms with van der Waals surface area (Å²) in [7, 11) is 4.01. The molecule has 0 fully saturated rings. The lowest BCUT2D eigenvalue weighted by molar-refractivity contribution is -0.642. The van der Waals surface area contributed by atoms with E-state index in [9.17, 15) is 9.90 Å². The van der Waals surface area contributed by atoms with Crippen LogP contribution in [0.25, 0.3) is 16.3 Å². The number of carboxylic acid groups (broad SMARTS) is 1. The average Bonchev–Trinajstić information content (AvgIpc) is 3.17. The first-order chi connectivity index (χ1) is 13.9. The fourth-order valence-corrected chi connectivity index (χ4v) is 5.52. The summed E-state index contributed by atoms with van der Waals surface area (Å²) in [6, 6.07) is 10.5. The van der Waals surface area contributed by atoms with Crippen LogP contribution >= 0.6 is 34.7 Å². The van der Waals surface area contributed by atoms with E-state index in [1.54, 1.807) is 23.1 Å². The van der Waals surface area contributed by atoms with Gasteiger partial charge in [0.25, 0.3) is 5.01 Å². The standard InChI is InChI=1S/C20H18ClN3O3S2/c1-23-14-7-11(21)3-5-16(14)28-18(23)9-19-24(2)15-8-12(4-6-17(15)29-19)22-13(10-25)20(26)27/h3-9,13,22,25H,10H2,1-2H3/p+1. The molecule has 9 heteroatoms. The highest BCUT2D eigenvalue weighted by molar-refractivity contribution is 8.03. The van der Waals surface area contributed by atoms with Gasteiger partial charge in [-0.1, -0.05) is 34.7 Å². The summed E-state index contributed by atoms with van der Waals surface area (Å²) in [4.78, 5) is 14.5. The van der Waals surface area contributed by atoms with Crippen molar-refractivity contribution < 1.29 is 19.6 Å². The van der Waals surface area contributed by atoms with Crippen molar-refractivity contribution in [3.05, 3.63) is 51.5 Å². The predicted octanol–water partition coefficient (Wildman–Crippen LogP) is 3.78. The Balaban J connectivity index is 1.66. The Morgan fingerprint density at radius 1 is 1.34 bits per heavy atom. The van der Waals surface area contributed by atoms with Crippen molar-refractivity contribution in [3.63, 3.8) is 0 Å². The first kappa shape index (κ1) is 20.0. The molecule has 3 N–H and O–H groups in total. The van der Waals surface area contributed by atoms with Crippen molar-refractivity contribution in [3.8, 4) is 0 Å². The van der Waals surface area contributed by atoms with Gasteiger partial charge in [-0.3, -0.25) is 0 Å². The molecule has 1 unspecified atom stereocenters. The lowest BCUT2D eigenvalue weighted by Crippen LogP contribution is -2.33. The second-order valence-electron chi connectivity index (χ2n) is 6.66. The van der Waals surface area contributed by atoms with Gasteiger partial charge in [0, 0.05) is 28.7 Å². The van der Waals surface area contributed by atoms with Crippen LogP contribution in [0.3, 0.4) is 0 Å². The van der Waals surface area contributed by atoms with Crippen molar-refractivity contribution in [1.82, 2.24) is 0 Å². The molecule has 4 rings (SSSR count). The normalized spacial score (nSPS) is 15.7. The van der Waals surface area contributed by atoms with Crippen molar-refractivity contribution in [2.24, 2.45) is 7.05 Å². The summed E-state index contributed by atoms with van der Waals surface area (Å²) in [6.45, 7) is -0.478. The number of hydrogen-bond acceptors (Lipinski definition) is 6. The monoisotopic (exact) mass is 448 g/mol. The Labute approximate surface area is 181 Å². The molecule has 2 heterocycles. The first-order valence-corrected chi connectivity index (χ1v) is 10.8. The molecule has 0 bridgehead atoms. The molecule has 1 aromatic heterocycles. The highest BCUT2D eigenvalue weighted by Gasteiger charge is 2.25. The SMILES string of the molecule is CN1C(=Cc2sc3ccc(NC(CO)C(=O)O)cc3[n+]2C)Sc2ccc(Cl)cc21. The fourth-order valence-electron chi connectivity index (χ4n) is 3.14. The minimum atomic E-state index is -1.09. The number of rotatable bonds is 5. The molecular formula is C20H19ClN3O3S2+. The second-order valence-corrected chi connectivity index (χ2v) is 9.22. The number of benzene rings is 2. The Bertz CT molecular complexity index is 1150. The smallest absolute Gasteiger partial charge is 0.328 e. The summed E-state index contributed by atoms with van der Waals surface area (Å²) in [5, 5.41) is 24.1. The van der Waals surface area contributed by atoms with Crippen LogP contribution in [0.2, 0.25) is 5.02 Å². The highest BCUT2D eigenvalue weighted by atomic mass is 35.5. The van der Waals surface area contributed by atoms with Gasteiger partial charge in [0.1, 0.15) is 17.8 Å². The maximum atomic E-state index is 11.2. The van der Waals surface area contributed by atoms with Gasteiger partial charge in [-0.05, 0) is 30.3 Å². The molecule has 6 nitrogen and oxygen atoms in total. The van der Waals surface area contributed by atoms with E-state index in [2.05, 4.69) is 20.9 Å². The Hall–Kier alpha value is -2.26. The maximum Gasteiger partial charge on any atom is 0.328 e. The number of thiazole rings is 1. The molecule has 0 saturated carbocycles. The van der Waals surface area contributed by atoms with E-state index in [-0.39, 0.29) is 0 Å². The summed E-state index contributed by atoms with van der Waals surface area (Å²) in [6.07, 6.45) is 2.14. The van der Waals surface area contributed by atoms with Gasteiger partial charge < -0.3 is 20.4 Å². The van der Waals surface area contributed by atoms with E-state index >= 15 is 0 Å². The zero-order chi connectivity index (χ0) is 20.7. The number of nitrogens with zero attached hydrogens (tertiary/aromatic N) is 2. The number of aromatic nitrogens is 1. The number of aryl methyl sites for hydroxylation is 1. The Kier molecular flexibility index (Phi) is 5.44. The molecule has 0 radical (unpaired) electrons. The number of aliphatic carboxylic acids is 1. The zero-order valence-corrected chi connectivity index (χ0v) is 18.1. The van der Waals surface area contributed by atoms with Crippen LogP contribution in [0.1, 0.15) is 5.01 Å². The van der Waals surface area contributed by atoms with Crippen molar-refractivity contribution in [1.29, 1.82) is 0 Å². The van der Waals surface area contributed by atoms with Gasteiger partial charge in [0.05, 0.1) is 23.4 Å². The third-order valence-electron chi connectivity index (χ3n) is 4.76. The van der Waals surface area contributed by atoms with E-state index < -0.39 is 18.6 Å². The minimum absolute atomic E-state index is 0.478. The van der Waals surface area contributed by atoms with Crippen LogP contribution in [0.5, 0.6) is 0 Å². The molecule has 3 aromatic rings. The van der Waals surface area contributed by atoms with Gasteiger partial charge in [-0.2, -0.15) is 4.57 Å². The molecular weight excluding hydrogens is 430 g/mol. The van der Waals surface area contributed by atoms with Gasteiger partial charge in [-0.25, -0.2) is 4.79 Å². The molecule has 0 saturated heterocycles. The van der Waals surface area contributed by atoms with Crippen molar-refractivity contribution >= 4 is 68.3 Å².